The van der Waals surface area contributed by atoms with E-state index in [1.807, 2.05) is 0 Å². The van der Waals surface area contributed by atoms with E-state index in [9.17, 15) is 0 Å². The molecule has 0 amide bonds. The van der Waals surface area contributed by atoms with Crippen molar-refractivity contribution in [2.45, 2.75) is 5.79 Å². The molecule has 6 heavy (non-hydrogen) atoms. The predicted octanol–water partition coefficient (Wildman–Crippen LogP) is -1.14. The second-order valence-electron chi connectivity index (χ2n) is 0.268. The Kier molecular flexibility index (Phi) is 15.4. The number of hydrogen-bond donors (Lipinski definition) is 3. The van der Waals surface area contributed by atoms with Crippen molar-refractivity contribution in [3.05, 3.63) is 0 Å². The summed E-state index contributed by atoms with van der Waals surface area (Å²) in [4.78, 5) is 21.7. The molecule has 0 aliphatic rings. The van der Waals surface area contributed by atoms with Gasteiger partial charge in [-0.15, -0.1) is 5.79 Å². The molecule has 0 aliphatic carbocycles. The summed E-state index contributed by atoms with van der Waals surface area (Å²) in [6, 6.07) is 0. The van der Waals surface area contributed by atoms with Crippen LogP contribution in [0.2, 0.25) is 5.79 Å². The van der Waals surface area contributed by atoms with Gasteiger partial charge in [0.25, 0.3) is 0 Å². The lowest BCUT2D eigenvalue weighted by molar-refractivity contribution is 0.368. The van der Waals surface area contributed by atoms with Gasteiger partial charge in [-0.3, -0.25) is 0 Å². The van der Waals surface area contributed by atoms with Gasteiger partial charge in [-0.25, -0.2) is 0 Å². The van der Waals surface area contributed by atoms with Crippen LogP contribution in [0.5, 0.6) is 0 Å². The molecular weight excluding hydrogens is 118 g/mol. The van der Waals surface area contributed by atoms with E-state index in [2.05, 4.69) is 5.79 Å². The van der Waals surface area contributed by atoms with Crippen LogP contribution in [0.1, 0.15) is 0 Å². The third-order valence-electron chi connectivity index (χ3n) is 0. The Labute approximate surface area is 46.0 Å². The summed E-state index contributed by atoms with van der Waals surface area (Å²) in [5.74, 6) is 2.14. The van der Waals surface area contributed by atoms with Crippen LogP contribution in [-0.2, 0) is 0 Å². The summed E-state index contributed by atoms with van der Waals surface area (Å²) < 4.78 is 0. The molecule has 0 rings (SSSR count). The van der Waals surface area contributed by atoms with Crippen LogP contribution in [0.15, 0.2) is 0 Å². The standard InChI is InChI=1S/CH3.Al.H3O3P.2H/c;;1-4(2)3;;/h1H3;;1-3H;;. The number of hydrogen-bond acceptors (Lipinski definition) is 3. The maximum atomic E-state index is 7.23. The van der Waals surface area contributed by atoms with Gasteiger partial charge in [0.2, 0.25) is 16.3 Å². The van der Waals surface area contributed by atoms with E-state index >= 15 is 0 Å². The molecule has 0 heterocycles. The third-order valence-corrected chi connectivity index (χ3v) is 0. The lowest BCUT2D eigenvalue weighted by Gasteiger charge is -1.76. The highest BCUT2D eigenvalue weighted by molar-refractivity contribution is 7.38. The molecule has 0 radical (unpaired) electrons. The maximum Gasteiger partial charge on any atom is 0.324 e. The summed E-state index contributed by atoms with van der Waals surface area (Å²) in [5.41, 5.74) is 0. The fourth-order valence-corrected chi connectivity index (χ4v) is 0. The van der Waals surface area contributed by atoms with E-state index in [1.54, 1.807) is 0 Å². The third kappa shape index (κ3) is 101. The SMILES string of the molecule is OP(O)O.[CH3][AlH2]. The molecule has 0 aromatic heterocycles. The lowest BCUT2D eigenvalue weighted by Crippen LogP contribution is -1.54. The van der Waals surface area contributed by atoms with Crippen molar-refractivity contribution in [2.24, 2.45) is 0 Å². The second kappa shape index (κ2) is 9.28. The Morgan fingerprint density at radius 1 is 1.17 bits per heavy atom. The van der Waals surface area contributed by atoms with Crippen LogP contribution in [0.25, 0.3) is 0 Å². The lowest BCUT2D eigenvalue weighted by atomic mass is 11.9. The van der Waals surface area contributed by atoms with Crippen LogP contribution in [-0.4, -0.2) is 31.0 Å². The average molecular weight is 126 g/mol. The van der Waals surface area contributed by atoms with Crippen molar-refractivity contribution in [2.75, 3.05) is 0 Å². The summed E-state index contributed by atoms with van der Waals surface area (Å²) in [6.07, 6.45) is 0. The Morgan fingerprint density at radius 3 is 1.17 bits per heavy atom. The zero-order valence-electron chi connectivity index (χ0n) is 3.79. The van der Waals surface area contributed by atoms with Crippen molar-refractivity contribution in [1.82, 2.24) is 0 Å². The van der Waals surface area contributed by atoms with Gasteiger partial charge in [0.15, 0.2) is 0 Å². The molecule has 3 N–H and O–H groups in total. The molecule has 0 saturated carbocycles. The highest BCUT2D eigenvalue weighted by atomic mass is 31.2. The summed E-state index contributed by atoms with van der Waals surface area (Å²) in [5, 5.41) is 0. The maximum absolute atomic E-state index is 7.23. The van der Waals surface area contributed by atoms with E-state index in [0.717, 1.165) is 0 Å². The van der Waals surface area contributed by atoms with Gasteiger partial charge in [-0.1, -0.05) is 0 Å². The Hall–Kier alpha value is 0.842. The zero-order valence-corrected chi connectivity index (χ0v) is 6.68. The minimum absolute atomic E-state index is 1.31. The normalized spacial score (nSPS) is 6.83. The summed E-state index contributed by atoms with van der Waals surface area (Å²) >= 11 is 1.31. The van der Waals surface area contributed by atoms with Gasteiger partial charge in [-0.2, -0.15) is 0 Å². The molecule has 0 unspecified atom stereocenters. The van der Waals surface area contributed by atoms with Crippen molar-refractivity contribution >= 4 is 24.9 Å². The molecule has 0 spiro atoms. The van der Waals surface area contributed by atoms with Crippen molar-refractivity contribution in [3.8, 4) is 0 Å². The van der Waals surface area contributed by atoms with Crippen LogP contribution in [0.3, 0.4) is 0 Å². The van der Waals surface area contributed by atoms with E-state index in [-0.39, 0.29) is 0 Å². The van der Waals surface area contributed by atoms with Gasteiger partial charge in [-0.05, 0) is 0 Å². The van der Waals surface area contributed by atoms with Crippen LogP contribution >= 0.6 is 8.60 Å². The zero-order chi connectivity index (χ0) is 5.58. The van der Waals surface area contributed by atoms with Gasteiger partial charge in [0.05, 0.1) is 0 Å². The number of rotatable bonds is 0. The Balaban J connectivity index is 0. The largest absolute Gasteiger partial charge is 0.328 e. The molecule has 5 heteroatoms. The molecule has 0 fully saturated rings. The predicted molar refractivity (Wildman–Crippen MR) is 28.0 cm³/mol. The molecule has 0 bridgehead atoms. The van der Waals surface area contributed by atoms with Gasteiger partial charge < -0.3 is 14.7 Å². The summed E-state index contributed by atoms with van der Waals surface area (Å²) in [6.45, 7) is 0. The minimum Gasteiger partial charge on any atom is -0.328 e. The first-order chi connectivity index (χ1) is 2.73. The van der Waals surface area contributed by atoms with Gasteiger partial charge in [0.1, 0.15) is 0 Å². The monoisotopic (exact) mass is 126 g/mol. The quantitative estimate of drug-likeness (QED) is 0.284. The second-order valence-corrected chi connectivity index (χ2v) is 0.805. The fourth-order valence-electron chi connectivity index (χ4n) is 0. The average Bonchev–Trinajstić information content (AvgIpc) is 1.41. The highest BCUT2D eigenvalue weighted by Crippen LogP contribution is 2.11. The van der Waals surface area contributed by atoms with E-state index in [0.29, 0.717) is 0 Å². The molecule has 0 atom stereocenters. The van der Waals surface area contributed by atoms with E-state index < -0.39 is 8.60 Å². The van der Waals surface area contributed by atoms with Crippen LogP contribution in [0.4, 0.5) is 0 Å². The van der Waals surface area contributed by atoms with Crippen molar-refractivity contribution in [3.63, 3.8) is 0 Å². The van der Waals surface area contributed by atoms with Crippen molar-refractivity contribution < 1.29 is 14.7 Å². The Morgan fingerprint density at radius 2 is 1.17 bits per heavy atom. The minimum atomic E-state index is -2.62. The molecule has 0 aromatic rings. The molecule has 38 valence electrons. The van der Waals surface area contributed by atoms with Crippen LogP contribution < -0.4 is 0 Å². The Bertz CT molecular complexity index is 15.5. The van der Waals surface area contributed by atoms with Gasteiger partial charge >= 0.3 is 8.60 Å². The van der Waals surface area contributed by atoms with E-state index in [1.165, 1.54) is 16.3 Å². The first-order valence-electron chi connectivity index (χ1n) is 1.60. The van der Waals surface area contributed by atoms with Crippen LogP contribution in [0, 0.1) is 0 Å². The fraction of sp³-hybridized carbons (Fsp3) is 1.00. The first-order valence-corrected chi connectivity index (χ1v) is 4.80. The van der Waals surface area contributed by atoms with E-state index in [4.69, 9.17) is 14.7 Å². The molecule has 0 aromatic carbocycles. The highest BCUT2D eigenvalue weighted by Gasteiger charge is 1.76. The summed E-state index contributed by atoms with van der Waals surface area (Å²) in [7, 11) is -2.62. The van der Waals surface area contributed by atoms with Gasteiger partial charge in [0, 0.05) is 0 Å². The topological polar surface area (TPSA) is 60.7 Å². The molecule has 0 saturated heterocycles. The molecule has 3 nitrogen and oxygen atoms in total. The first kappa shape index (κ1) is 9.96. The molecular formula is CH8AlO3P. The smallest absolute Gasteiger partial charge is 0.324 e. The molecule has 0 aliphatic heterocycles. The van der Waals surface area contributed by atoms with Crippen molar-refractivity contribution in [1.29, 1.82) is 0 Å².